The summed E-state index contributed by atoms with van der Waals surface area (Å²) in [6, 6.07) is 16.9. The Labute approximate surface area is 168 Å². The van der Waals surface area contributed by atoms with E-state index < -0.39 is 5.92 Å². The summed E-state index contributed by atoms with van der Waals surface area (Å²) in [4.78, 5) is 8.38. The highest BCUT2D eigenvalue weighted by Crippen LogP contribution is 2.33. The van der Waals surface area contributed by atoms with Crippen LogP contribution in [0.25, 0.3) is 0 Å². The Morgan fingerprint density at radius 2 is 2.00 bits per heavy atom. The number of rotatable bonds is 5. The second-order valence-electron chi connectivity index (χ2n) is 6.23. The molecule has 0 aliphatic heterocycles. The first-order valence-electron chi connectivity index (χ1n) is 8.61. The number of aryl methyl sites for hydroxylation is 1. The van der Waals surface area contributed by atoms with Gasteiger partial charge in [-0.05, 0) is 30.2 Å². The van der Waals surface area contributed by atoms with E-state index >= 15 is 0 Å². The number of hydrogen-bond donors (Lipinski definition) is 2. The minimum atomic E-state index is -0.473. The standard InChI is InChI=1S/C22H18ClN3O2/c1-14-22(28)20(16(13-27)11-25-14)12-26-17-7-8-18(21(23)9-17)19(10-24)15-5-3-2-4-6-15/h2-9,11-12,19,27-28H,13H2,1H3/t19-/m0/s1. The smallest absolute Gasteiger partial charge is 0.145 e. The topological polar surface area (TPSA) is 89.5 Å². The number of halogens is 1. The Hall–Kier alpha value is -3.20. The summed E-state index contributed by atoms with van der Waals surface area (Å²) in [5, 5.41) is 29.7. The number of aromatic hydroxyl groups is 1. The van der Waals surface area contributed by atoms with Gasteiger partial charge >= 0.3 is 0 Å². The number of aromatic nitrogens is 1. The quantitative estimate of drug-likeness (QED) is 0.619. The van der Waals surface area contributed by atoms with E-state index in [1.807, 2.05) is 30.3 Å². The van der Waals surface area contributed by atoms with Gasteiger partial charge in [-0.15, -0.1) is 0 Å². The molecule has 3 aromatic rings. The van der Waals surface area contributed by atoms with Gasteiger partial charge in [-0.1, -0.05) is 48.0 Å². The van der Waals surface area contributed by atoms with Gasteiger partial charge in [-0.2, -0.15) is 5.26 Å². The fourth-order valence-corrected chi connectivity index (χ4v) is 3.15. The molecule has 0 amide bonds. The molecule has 2 N–H and O–H groups in total. The average Bonchev–Trinajstić information content (AvgIpc) is 2.72. The van der Waals surface area contributed by atoms with Crippen LogP contribution in [0, 0.1) is 18.3 Å². The lowest BCUT2D eigenvalue weighted by molar-refractivity contribution is 0.280. The van der Waals surface area contributed by atoms with Gasteiger partial charge < -0.3 is 10.2 Å². The van der Waals surface area contributed by atoms with E-state index in [1.165, 1.54) is 12.4 Å². The predicted octanol–water partition coefficient (Wildman–Crippen LogP) is 4.65. The minimum absolute atomic E-state index is 0.0216. The van der Waals surface area contributed by atoms with Crippen LogP contribution in [0.1, 0.15) is 33.9 Å². The van der Waals surface area contributed by atoms with Gasteiger partial charge in [0.15, 0.2) is 0 Å². The first-order valence-corrected chi connectivity index (χ1v) is 8.99. The highest BCUT2D eigenvalue weighted by molar-refractivity contribution is 6.31. The zero-order chi connectivity index (χ0) is 20.1. The molecular weight excluding hydrogens is 374 g/mol. The molecule has 0 bridgehead atoms. The lowest BCUT2D eigenvalue weighted by Gasteiger charge is -2.12. The van der Waals surface area contributed by atoms with E-state index in [-0.39, 0.29) is 12.4 Å². The van der Waals surface area contributed by atoms with E-state index in [9.17, 15) is 15.5 Å². The molecule has 0 spiro atoms. The Bertz CT molecular complexity index is 1060. The van der Waals surface area contributed by atoms with E-state index in [4.69, 9.17) is 11.6 Å². The van der Waals surface area contributed by atoms with Crippen molar-refractivity contribution in [3.05, 3.63) is 87.7 Å². The van der Waals surface area contributed by atoms with Gasteiger partial charge in [0.05, 0.1) is 30.0 Å². The maximum absolute atomic E-state index is 10.2. The Kier molecular flexibility index (Phi) is 6.05. The SMILES string of the molecule is Cc1ncc(CO)c(C=Nc2ccc([C@@H](C#N)c3ccccc3)c(Cl)c2)c1O. The molecule has 0 saturated carbocycles. The molecule has 140 valence electrons. The summed E-state index contributed by atoms with van der Waals surface area (Å²) in [7, 11) is 0. The molecule has 0 saturated heterocycles. The van der Waals surface area contributed by atoms with Crippen molar-refractivity contribution in [2.45, 2.75) is 19.4 Å². The summed E-state index contributed by atoms with van der Waals surface area (Å²) in [5.74, 6) is -0.494. The molecule has 1 atom stereocenters. The van der Waals surface area contributed by atoms with Crippen LogP contribution in [0.2, 0.25) is 5.02 Å². The van der Waals surface area contributed by atoms with Crippen molar-refractivity contribution >= 4 is 23.5 Å². The van der Waals surface area contributed by atoms with Gasteiger partial charge in [0.2, 0.25) is 0 Å². The number of aliphatic imine (C=N–C) groups is 1. The average molecular weight is 392 g/mol. The molecule has 0 unspecified atom stereocenters. The normalized spacial score (nSPS) is 12.1. The van der Waals surface area contributed by atoms with Crippen LogP contribution in [0.15, 0.2) is 59.7 Å². The third-order valence-corrected chi connectivity index (χ3v) is 4.76. The monoisotopic (exact) mass is 391 g/mol. The summed E-state index contributed by atoms with van der Waals surface area (Å²) in [6.07, 6.45) is 2.98. The molecule has 0 aliphatic rings. The first kappa shape index (κ1) is 19.6. The van der Waals surface area contributed by atoms with Crippen LogP contribution < -0.4 is 0 Å². The predicted molar refractivity (Wildman–Crippen MR) is 109 cm³/mol. The van der Waals surface area contributed by atoms with Crippen molar-refractivity contribution in [3.8, 4) is 11.8 Å². The minimum Gasteiger partial charge on any atom is -0.505 e. The van der Waals surface area contributed by atoms with E-state index in [1.54, 1.807) is 25.1 Å². The zero-order valence-corrected chi connectivity index (χ0v) is 15.9. The van der Waals surface area contributed by atoms with E-state index in [0.29, 0.717) is 33.1 Å². The molecule has 28 heavy (non-hydrogen) atoms. The van der Waals surface area contributed by atoms with Crippen LogP contribution in [-0.2, 0) is 6.61 Å². The summed E-state index contributed by atoms with van der Waals surface area (Å²) >= 11 is 6.43. The highest BCUT2D eigenvalue weighted by Gasteiger charge is 2.16. The van der Waals surface area contributed by atoms with Crippen LogP contribution in [-0.4, -0.2) is 21.4 Å². The number of benzene rings is 2. The molecule has 5 nitrogen and oxygen atoms in total. The second-order valence-corrected chi connectivity index (χ2v) is 6.63. The first-order chi connectivity index (χ1) is 13.5. The third-order valence-electron chi connectivity index (χ3n) is 4.43. The molecule has 0 fully saturated rings. The van der Waals surface area contributed by atoms with Crippen molar-refractivity contribution in [2.75, 3.05) is 0 Å². The Morgan fingerprint density at radius 1 is 1.25 bits per heavy atom. The summed E-state index contributed by atoms with van der Waals surface area (Å²) in [6.45, 7) is 1.41. The lowest BCUT2D eigenvalue weighted by Crippen LogP contribution is -1.99. The van der Waals surface area contributed by atoms with Gasteiger partial charge in [0.25, 0.3) is 0 Å². The van der Waals surface area contributed by atoms with Crippen LogP contribution >= 0.6 is 11.6 Å². The van der Waals surface area contributed by atoms with Crippen molar-refractivity contribution in [3.63, 3.8) is 0 Å². The maximum Gasteiger partial charge on any atom is 0.145 e. The second kappa shape index (κ2) is 8.66. The maximum atomic E-state index is 10.2. The van der Waals surface area contributed by atoms with Gasteiger partial charge in [-0.3, -0.25) is 9.98 Å². The van der Waals surface area contributed by atoms with Crippen molar-refractivity contribution in [1.82, 2.24) is 4.98 Å². The summed E-state index contributed by atoms with van der Waals surface area (Å²) in [5.41, 5.74) is 3.47. The number of aliphatic hydroxyl groups is 1. The molecule has 1 heterocycles. The fourth-order valence-electron chi connectivity index (χ4n) is 2.86. The Balaban J connectivity index is 1.93. The van der Waals surface area contributed by atoms with Crippen molar-refractivity contribution in [2.24, 2.45) is 4.99 Å². The van der Waals surface area contributed by atoms with Gasteiger partial charge in [-0.25, -0.2) is 0 Å². The molecule has 6 heteroatoms. The van der Waals surface area contributed by atoms with Gasteiger partial charge in [0.1, 0.15) is 5.75 Å². The van der Waals surface area contributed by atoms with Crippen LogP contribution in [0.5, 0.6) is 5.75 Å². The fraction of sp³-hybridized carbons (Fsp3) is 0.136. The molecule has 2 aromatic carbocycles. The van der Waals surface area contributed by atoms with E-state index in [0.717, 1.165) is 5.56 Å². The number of nitriles is 1. The lowest BCUT2D eigenvalue weighted by atomic mass is 9.92. The molecule has 1 aromatic heterocycles. The molecule has 0 aliphatic carbocycles. The highest BCUT2D eigenvalue weighted by atomic mass is 35.5. The van der Waals surface area contributed by atoms with Gasteiger partial charge in [0, 0.05) is 28.6 Å². The van der Waals surface area contributed by atoms with Crippen molar-refractivity contribution < 1.29 is 10.2 Å². The van der Waals surface area contributed by atoms with E-state index in [2.05, 4.69) is 16.0 Å². The molecule has 0 radical (unpaired) electrons. The number of nitrogens with zero attached hydrogens (tertiary/aromatic N) is 3. The largest absolute Gasteiger partial charge is 0.505 e. The molecule has 3 rings (SSSR count). The van der Waals surface area contributed by atoms with Crippen LogP contribution in [0.3, 0.4) is 0 Å². The number of aliphatic hydroxyl groups excluding tert-OH is 1. The van der Waals surface area contributed by atoms with Crippen LogP contribution in [0.4, 0.5) is 5.69 Å². The third kappa shape index (κ3) is 4.04. The zero-order valence-electron chi connectivity index (χ0n) is 15.2. The number of pyridine rings is 1. The molecular formula is C22H18ClN3O2. The number of hydrogen-bond acceptors (Lipinski definition) is 5. The summed E-state index contributed by atoms with van der Waals surface area (Å²) < 4.78 is 0. The van der Waals surface area contributed by atoms with Crippen molar-refractivity contribution in [1.29, 1.82) is 5.26 Å². The Morgan fingerprint density at radius 3 is 2.64 bits per heavy atom.